The van der Waals surface area contributed by atoms with Crippen molar-refractivity contribution >= 4 is 13.6 Å². The van der Waals surface area contributed by atoms with Crippen LogP contribution in [-0.2, 0) is 14.2 Å². The quantitative estimate of drug-likeness (QED) is 0.304. The van der Waals surface area contributed by atoms with Crippen molar-refractivity contribution in [2.75, 3.05) is 13.2 Å². The minimum absolute atomic E-state index is 0.00289. The normalized spacial score (nSPS) is 33.8. The Labute approximate surface area is 211 Å². The van der Waals surface area contributed by atoms with Crippen molar-refractivity contribution in [1.29, 1.82) is 0 Å². The standard InChI is InChI=1S/C30H40O4Si/c1-7-8-9-12-20-24(23-14-11-16-32-23)19-13-10-15-30-26(19)25(28(30)33-29(2,3)34-30)21-17-31-18-22(21)27(20)35(4,5)6/h11,14,16,28H,7-10,12-13,15,17-18H2,1-6H3/b24-19?,24-20+,25-21?,27-20?,27-22+. The first-order valence-electron chi connectivity index (χ1n) is 13.6. The molecule has 1 saturated carbocycles. The zero-order valence-electron chi connectivity index (χ0n) is 22.3. The summed E-state index contributed by atoms with van der Waals surface area (Å²) in [5, 5.41) is 1.59. The van der Waals surface area contributed by atoms with Gasteiger partial charge in [-0.2, -0.15) is 0 Å². The third-order valence-corrected chi connectivity index (χ3v) is 10.5. The summed E-state index contributed by atoms with van der Waals surface area (Å²) in [6.45, 7) is 15.3. The maximum atomic E-state index is 6.80. The van der Waals surface area contributed by atoms with Crippen molar-refractivity contribution in [3.8, 4) is 0 Å². The van der Waals surface area contributed by atoms with E-state index in [2.05, 4.69) is 46.5 Å². The van der Waals surface area contributed by atoms with Gasteiger partial charge in [0.2, 0.25) is 0 Å². The summed E-state index contributed by atoms with van der Waals surface area (Å²) in [4.78, 5) is 0. The predicted octanol–water partition coefficient (Wildman–Crippen LogP) is 7.51. The Morgan fingerprint density at radius 2 is 1.86 bits per heavy atom. The summed E-state index contributed by atoms with van der Waals surface area (Å²) in [5.74, 6) is 0.425. The lowest BCUT2D eigenvalue weighted by Gasteiger charge is -2.52. The van der Waals surface area contributed by atoms with Crippen molar-refractivity contribution < 1.29 is 18.6 Å². The zero-order valence-corrected chi connectivity index (χ0v) is 23.3. The molecule has 35 heavy (non-hydrogen) atoms. The highest BCUT2D eigenvalue weighted by Crippen LogP contribution is 2.65. The van der Waals surface area contributed by atoms with E-state index in [1.54, 1.807) is 5.20 Å². The van der Waals surface area contributed by atoms with Crippen LogP contribution in [0.2, 0.25) is 19.6 Å². The van der Waals surface area contributed by atoms with Gasteiger partial charge in [-0.15, -0.1) is 0 Å². The average Bonchev–Trinajstić information content (AvgIpc) is 3.48. The van der Waals surface area contributed by atoms with Crippen LogP contribution >= 0.6 is 0 Å². The van der Waals surface area contributed by atoms with E-state index in [0.717, 1.165) is 31.4 Å². The molecule has 0 radical (unpaired) electrons. The molecule has 5 aliphatic rings. The van der Waals surface area contributed by atoms with E-state index < -0.39 is 13.9 Å². The van der Waals surface area contributed by atoms with Gasteiger partial charge in [-0.25, -0.2) is 0 Å². The van der Waals surface area contributed by atoms with E-state index in [0.29, 0.717) is 13.2 Å². The van der Waals surface area contributed by atoms with Gasteiger partial charge in [0.05, 0.1) is 27.6 Å². The van der Waals surface area contributed by atoms with Crippen molar-refractivity contribution in [3.63, 3.8) is 0 Å². The van der Waals surface area contributed by atoms with Gasteiger partial charge in [-0.3, -0.25) is 0 Å². The van der Waals surface area contributed by atoms with Crippen LogP contribution in [0.25, 0.3) is 5.57 Å². The molecule has 1 aromatic rings. The number of furan rings is 1. The Hall–Kier alpha value is -1.66. The number of ether oxygens (including phenoxy) is 3. The third-order valence-electron chi connectivity index (χ3n) is 8.42. The van der Waals surface area contributed by atoms with Crippen molar-refractivity contribution in [2.45, 2.75) is 103 Å². The lowest BCUT2D eigenvalue weighted by Crippen LogP contribution is -2.57. The smallest absolute Gasteiger partial charge is 0.165 e. The summed E-state index contributed by atoms with van der Waals surface area (Å²) >= 11 is 0. The molecule has 0 N–H and O–H groups in total. The van der Waals surface area contributed by atoms with Crippen LogP contribution in [0.15, 0.2) is 61.4 Å². The van der Waals surface area contributed by atoms with E-state index in [1.165, 1.54) is 58.3 Å². The largest absolute Gasteiger partial charge is 0.464 e. The van der Waals surface area contributed by atoms with Gasteiger partial charge in [0.15, 0.2) is 5.79 Å². The van der Waals surface area contributed by atoms with Crippen LogP contribution in [0, 0.1) is 0 Å². The lowest BCUT2D eigenvalue weighted by molar-refractivity contribution is -0.153. The minimum Gasteiger partial charge on any atom is -0.464 e. The van der Waals surface area contributed by atoms with Crippen molar-refractivity contribution in [2.24, 2.45) is 0 Å². The number of hydrogen-bond acceptors (Lipinski definition) is 4. The average molecular weight is 493 g/mol. The molecule has 4 nitrogen and oxygen atoms in total. The Kier molecular flexibility index (Phi) is 5.54. The number of rotatable bonds is 6. The lowest BCUT2D eigenvalue weighted by atomic mass is 9.57. The van der Waals surface area contributed by atoms with Crippen LogP contribution in [0.1, 0.15) is 71.5 Å². The Morgan fingerprint density at radius 1 is 1.06 bits per heavy atom. The first-order valence-corrected chi connectivity index (χ1v) is 17.1. The Balaban J connectivity index is 1.70. The maximum Gasteiger partial charge on any atom is 0.165 e. The fourth-order valence-corrected chi connectivity index (χ4v) is 9.68. The second-order valence-electron chi connectivity index (χ2n) is 12.4. The Bertz CT molecular complexity index is 1170. The van der Waals surface area contributed by atoms with Gasteiger partial charge in [0.1, 0.15) is 17.5 Å². The summed E-state index contributed by atoms with van der Waals surface area (Å²) in [7, 11) is -1.74. The molecule has 3 heterocycles. The van der Waals surface area contributed by atoms with Gasteiger partial charge in [-0.1, -0.05) is 44.6 Å². The second-order valence-corrected chi connectivity index (χ2v) is 17.4. The fourth-order valence-electron chi connectivity index (χ4n) is 7.40. The SMILES string of the molecule is CCCCCC1=C(\c2ccco2)C2=C3C(=C4COC\C4=C\1[Si](C)(C)C)C1OC(C)(C)OC31CCC2. The number of fused-ring (bicyclic) bond motifs is 2. The van der Waals surface area contributed by atoms with Crippen LogP contribution in [0.4, 0.5) is 0 Å². The number of allylic oxidation sites excluding steroid dienone is 4. The molecule has 2 aliphatic heterocycles. The molecule has 1 spiro atoms. The highest BCUT2D eigenvalue weighted by atomic mass is 28.3. The number of unbranched alkanes of at least 4 members (excludes halogenated alkanes) is 2. The molecule has 3 aliphatic carbocycles. The summed E-state index contributed by atoms with van der Waals surface area (Å²) in [5.41, 5.74) is 9.57. The van der Waals surface area contributed by atoms with E-state index in [1.807, 2.05) is 12.3 Å². The molecule has 0 aromatic carbocycles. The first-order chi connectivity index (χ1) is 16.7. The molecule has 0 amide bonds. The molecule has 3 fully saturated rings. The summed E-state index contributed by atoms with van der Waals surface area (Å²) < 4.78 is 25.9. The van der Waals surface area contributed by atoms with E-state index in [4.69, 9.17) is 18.6 Å². The molecule has 2 unspecified atom stereocenters. The monoisotopic (exact) mass is 492 g/mol. The van der Waals surface area contributed by atoms with Crippen LogP contribution < -0.4 is 0 Å². The first kappa shape index (κ1) is 23.7. The van der Waals surface area contributed by atoms with Gasteiger partial charge in [0, 0.05) is 5.57 Å². The van der Waals surface area contributed by atoms with Gasteiger partial charge < -0.3 is 18.6 Å². The van der Waals surface area contributed by atoms with E-state index >= 15 is 0 Å². The van der Waals surface area contributed by atoms with Crippen molar-refractivity contribution in [3.05, 3.63) is 62.8 Å². The number of hydrogen-bond donors (Lipinski definition) is 0. The van der Waals surface area contributed by atoms with Crippen LogP contribution in [0.5, 0.6) is 0 Å². The van der Waals surface area contributed by atoms with Gasteiger partial charge in [0.25, 0.3) is 0 Å². The summed E-state index contributed by atoms with van der Waals surface area (Å²) in [6.07, 6.45) is 9.78. The maximum absolute atomic E-state index is 6.80. The second kappa shape index (κ2) is 8.17. The van der Waals surface area contributed by atoms with Crippen LogP contribution in [0.3, 0.4) is 0 Å². The predicted molar refractivity (Wildman–Crippen MR) is 142 cm³/mol. The van der Waals surface area contributed by atoms with Gasteiger partial charge in [-0.05, 0) is 91.5 Å². The zero-order chi connectivity index (χ0) is 24.6. The fraction of sp³-hybridized carbons (Fsp3) is 0.600. The Morgan fingerprint density at radius 3 is 2.57 bits per heavy atom. The topological polar surface area (TPSA) is 40.8 Å². The molecule has 188 valence electrons. The van der Waals surface area contributed by atoms with Crippen molar-refractivity contribution in [1.82, 2.24) is 0 Å². The molecule has 5 heteroatoms. The molecule has 6 rings (SSSR count). The van der Waals surface area contributed by atoms with E-state index in [9.17, 15) is 0 Å². The molecular formula is C30H40O4Si. The summed E-state index contributed by atoms with van der Waals surface area (Å²) in [6, 6.07) is 4.21. The third kappa shape index (κ3) is 3.49. The highest BCUT2D eigenvalue weighted by molar-refractivity contribution is 6.84. The molecule has 0 bridgehead atoms. The molecule has 1 aromatic heterocycles. The van der Waals surface area contributed by atoms with Gasteiger partial charge >= 0.3 is 0 Å². The molecule has 2 saturated heterocycles. The van der Waals surface area contributed by atoms with E-state index in [-0.39, 0.29) is 11.7 Å². The molecular weight excluding hydrogens is 452 g/mol. The van der Waals surface area contributed by atoms with Crippen LogP contribution in [-0.4, -0.2) is 38.8 Å². The highest BCUT2D eigenvalue weighted by Gasteiger charge is 2.68. The minimum atomic E-state index is -1.74. The molecule has 2 atom stereocenters.